The predicted molar refractivity (Wildman–Crippen MR) is 66.6 cm³/mol. The summed E-state index contributed by atoms with van der Waals surface area (Å²) >= 11 is 0. The van der Waals surface area contributed by atoms with Crippen LogP contribution in [0.25, 0.3) is 0 Å². The molecular formula is C12H24NOP. The topological polar surface area (TPSA) is 32.3 Å². The van der Waals surface area contributed by atoms with Crippen LogP contribution in [0.3, 0.4) is 0 Å². The molecule has 0 aromatic carbocycles. The maximum atomic E-state index is 10.2. The van der Waals surface area contributed by atoms with Crippen molar-refractivity contribution < 1.29 is 5.11 Å². The monoisotopic (exact) mass is 229 g/mol. The first kappa shape index (κ1) is 11.8. The predicted octanol–water partition coefficient (Wildman–Crippen LogP) is 2.62. The van der Waals surface area contributed by atoms with Gasteiger partial charge in [-0.05, 0) is 50.4 Å². The number of aliphatic hydroxyl groups excluding tert-OH is 1. The van der Waals surface area contributed by atoms with E-state index in [0.29, 0.717) is 5.54 Å². The van der Waals surface area contributed by atoms with Crippen molar-refractivity contribution in [1.29, 1.82) is 0 Å². The first-order valence-corrected chi connectivity index (χ1v) is 6.90. The molecule has 2 atom stereocenters. The van der Waals surface area contributed by atoms with Crippen LogP contribution >= 0.6 is 9.39 Å². The Morgan fingerprint density at radius 3 is 2.40 bits per heavy atom. The molecule has 15 heavy (non-hydrogen) atoms. The van der Waals surface area contributed by atoms with E-state index in [2.05, 4.69) is 21.4 Å². The maximum absolute atomic E-state index is 10.2. The molecular weight excluding hydrogens is 205 g/mol. The molecule has 0 aromatic rings. The fourth-order valence-corrected chi connectivity index (χ4v) is 4.09. The van der Waals surface area contributed by atoms with Gasteiger partial charge in [-0.1, -0.05) is 22.7 Å². The van der Waals surface area contributed by atoms with Gasteiger partial charge in [0.1, 0.15) is 0 Å². The van der Waals surface area contributed by atoms with Gasteiger partial charge >= 0.3 is 0 Å². The van der Waals surface area contributed by atoms with E-state index in [4.69, 9.17) is 0 Å². The van der Waals surface area contributed by atoms with E-state index in [0.717, 1.165) is 6.42 Å². The lowest BCUT2D eigenvalue weighted by molar-refractivity contribution is -0.0149. The van der Waals surface area contributed by atoms with Gasteiger partial charge < -0.3 is 5.11 Å². The Morgan fingerprint density at radius 1 is 1.20 bits per heavy atom. The summed E-state index contributed by atoms with van der Waals surface area (Å²) in [5, 5.41) is 13.7. The molecule has 0 saturated heterocycles. The number of hydrogen-bond donors (Lipinski definition) is 2. The summed E-state index contributed by atoms with van der Waals surface area (Å²) in [6.07, 6.45) is 9.55. The van der Waals surface area contributed by atoms with Gasteiger partial charge in [0.2, 0.25) is 0 Å². The van der Waals surface area contributed by atoms with Crippen molar-refractivity contribution in [3.8, 4) is 0 Å². The molecule has 0 spiro atoms. The van der Waals surface area contributed by atoms with E-state index < -0.39 is 0 Å². The van der Waals surface area contributed by atoms with Gasteiger partial charge in [-0.2, -0.15) is 0 Å². The van der Waals surface area contributed by atoms with Crippen LogP contribution in [0.2, 0.25) is 0 Å². The summed E-state index contributed by atoms with van der Waals surface area (Å²) in [5.41, 5.74) is 0.633. The number of nitrogens with one attached hydrogen (secondary N) is 1. The van der Waals surface area contributed by atoms with Crippen molar-refractivity contribution in [3.63, 3.8) is 0 Å². The minimum atomic E-state index is -0.0712. The van der Waals surface area contributed by atoms with E-state index in [1.54, 1.807) is 0 Å². The Balaban J connectivity index is 2.14. The van der Waals surface area contributed by atoms with Gasteiger partial charge in [-0.25, -0.2) is 0 Å². The highest BCUT2D eigenvalue weighted by Gasteiger charge is 2.47. The first-order valence-electron chi connectivity index (χ1n) is 6.32. The molecule has 88 valence electrons. The van der Waals surface area contributed by atoms with Gasteiger partial charge in [0.25, 0.3) is 0 Å². The smallest absolute Gasteiger partial charge is 0.0593 e. The van der Waals surface area contributed by atoms with Gasteiger partial charge in [0.05, 0.1) is 6.10 Å². The molecule has 0 radical (unpaired) electrons. The maximum Gasteiger partial charge on any atom is 0.0593 e. The van der Waals surface area contributed by atoms with Crippen molar-refractivity contribution in [2.75, 3.05) is 0 Å². The standard InChI is InChI=1S/C12H24NOP/c1-2-10(14)11-4-3-5-12(13-15,8-6-11)9-7-11/h10,13-14H,2-9,15H2,1H3. The second kappa shape index (κ2) is 4.31. The van der Waals surface area contributed by atoms with Gasteiger partial charge in [-0.15, -0.1) is 0 Å². The number of hydrogen-bond acceptors (Lipinski definition) is 2. The van der Waals surface area contributed by atoms with Crippen LogP contribution in [0.4, 0.5) is 0 Å². The fraction of sp³-hybridized carbons (Fsp3) is 1.00. The van der Waals surface area contributed by atoms with E-state index in [-0.39, 0.29) is 11.5 Å². The zero-order valence-electron chi connectivity index (χ0n) is 9.76. The average molecular weight is 229 g/mol. The minimum absolute atomic E-state index is 0.0712. The Bertz CT molecular complexity index is 224. The summed E-state index contributed by atoms with van der Waals surface area (Å²) in [6, 6.07) is 0. The number of aliphatic hydroxyl groups is 1. The van der Waals surface area contributed by atoms with Crippen LogP contribution < -0.4 is 5.09 Å². The highest BCUT2D eigenvalue weighted by Crippen LogP contribution is 2.52. The third kappa shape index (κ3) is 1.97. The molecule has 3 aliphatic rings. The molecule has 3 fully saturated rings. The van der Waals surface area contributed by atoms with E-state index >= 15 is 0 Å². The molecule has 3 saturated carbocycles. The minimum Gasteiger partial charge on any atom is -0.393 e. The van der Waals surface area contributed by atoms with E-state index in [9.17, 15) is 5.11 Å². The second-order valence-electron chi connectivity index (χ2n) is 5.56. The van der Waals surface area contributed by atoms with Crippen molar-refractivity contribution >= 4 is 9.39 Å². The Labute approximate surface area is 95.5 Å². The Hall–Kier alpha value is 0.350. The van der Waals surface area contributed by atoms with Crippen LogP contribution in [-0.2, 0) is 0 Å². The highest BCUT2D eigenvalue weighted by atomic mass is 31.0. The van der Waals surface area contributed by atoms with Crippen LogP contribution in [0.5, 0.6) is 0 Å². The molecule has 3 heteroatoms. The van der Waals surface area contributed by atoms with Crippen LogP contribution in [0.1, 0.15) is 58.3 Å². The van der Waals surface area contributed by atoms with Gasteiger partial charge in [0, 0.05) is 5.54 Å². The summed E-state index contributed by atoms with van der Waals surface area (Å²) in [4.78, 5) is 0. The largest absolute Gasteiger partial charge is 0.393 e. The second-order valence-corrected chi connectivity index (χ2v) is 5.85. The molecule has 0 aliphatic heterocycles. The lowest BCUT2D eigenvalue weighted by Crippen LogP contribution is -2.46. The lowest BCUT2D eigenvalue weighted by atomic mass is 9.65. The Morgan fingerprint density at radius 2 is 1.87 bits per heavy atom. The van der Waals surface area contributed by atoms with Crippen molar-refractivity contribution in [2.45, 2.75) is 69.9 Å². The summed E-state index contributed by atoms with van der Waals surface area (Å²) in [5.74, 6) is 0. The highest BCUT2D eigenvalue weighted by molar-refractivity contribution is 7.13. The number of fused-ring (bicyclic) bond motifs is 4. The average Bonchev–Trinajstić information content (AvgIpc) is 2.59. The van der Waals surface area contributed by atoms with Crippen molar-refractivity contribution in [1.82, 2.24) is 5.09 Å². The molecule has 3 aliphatic carbocycles. The summed E-state index contributed by atoms with van der Waals surface area (Å²) < 4.78 is 0. The summed E-state index contributed by atoms with van der Waals surface area (Å²) in [6.45, 7) is 2.11. The zero-order valence-corrected chi connectivity index (χ0v) is 10.9. The fourth-order valence-electron chi connectivity index (χ4n) is 3.65. The summed E-state index contributed by atoms with van der Waals surface area (Å²) in [7, 11) is 2.70. The van der Waals surface area contributed by atoms with Gasteiger partial charge in [-0.3, -0.25) is 5.09 Å². The van der Waals surface area contributed by atoms with E-state index in [1.807, 2.05) is 0 Å². The van der Waals surface area contributed by atoms with Crippen molar-refractivity contribution in [2.24, 2.45) is 5.41 Å². The Kier molecular flexibility index (Phi) is 3.40. The first-order chi connectivity index (χ1) is 7.16. The zero-order chi connectivity index (χ0) is 10.9. The van der Waals surface area contributed by atoms with Crippen LogP contribution in [0.15, 0.2) is 0 Å². The lowest BCUT2D eigenvalue weighted by Gasteiger charge is -2.45. The molecule has 2 nitrogen and oxygen atoms in total. The normalized spacial score (nSPS) is 42.6. The third-order valence-electron chi connectivity index (χ3n) is 4.93. The van der Waals surface area contributed by atoms with Gasteiger partial charge in [0.15, 0.2) is 0 Å². The SMILES string of the molecule is CCC(O)C12CCCC(NP)(CC1)CC2. The number of rotatable bonds is 3. The molecule has 2 unspecified atom stereocenters. The molecule has 2 bridgehead atoms. The molecule has 0 aromatic heterocycles. The van der Waals surface area contributed by atoms with Crippen LogP contribution in [-0.4, -0.2) is 16.7 Å². The molecule has 0 heterocycles. The van der Waals surface area contributed by atoms with E-state index in [1.165, 1.54) is 44.9 Å². The quantitative estimate of drug-likeness (QED) is 0.729. The molecule has 0 amide bonds. The third-order valence-corrected chi connectivity index (χ3v) is 5.55. The molecule has 3 rings (SSSR count). The van der Waals surface area contributed by atoms with Crippen LogP contribution in [0, 0.1) is 5.41 Å². The molecule has 2 N–H and O–H groups in total. The van der Waals surface area contributed by atoms with Crippen molar-refractivity contribution in [3.05, 3.63) is 0 Å².